The van der Waals surface area contributed by atoms with E-state index in [4.69, 9.17) is 4.74 Å². The molecule has 0 aromatic heterocycles. The minimum absolute atomic E-state index is 0.176. The number of hydrogen-bond acceptors (Lipinski definition) is 2. The predicted molar refractivity (Wildman–Crippen MR) is 72.9 cm³/mol. The highest BCUT2D eigenvalue weighted by molar-refractivity contribution is 5.39. The molecular formula is C16H17FO2. The third-order valence-electron chi connectivity index (χ3n) is 3.01. The average Bonchev–Trinajstić information content (AvgIpc) is 2.39. The van der Waals surface area contributed by atoms with Crippen molar-refractivity contribution in [1.82, 2.24) is 0 Å². The summed E-state index contributed by atoms with van der Waals surface area (Å²) in [5.74, 6) is 0.972. The molecule has 2 aromatic rings. The van der Waals surface area contributed by atoms with Gasteiger partial charge in [0.25, 0.3) is 0 Å². The molecule has 0 atom stereocenters. The third kappa shape index (κ3) is 3.12. The minimum Gasteiger partial charge on any atom is -0.457 e. The van der Waals surface area contributed by atoms with Crippen molar-refractivity contribution in [2.75, 3.05) is 0 Å². The van der Waals surface area contributed by atoms with Gasteiger partial charge in [0.2, 0.25) is 0 Å². The first-order valence-electron chi connectivity index (χ1n) is 6.28. The first-order valence-corrected chi connectivity index (χ1v) is 6.28. The predicted octanol–water partition coefficient (Wildman–Crippen LogP) is 4.23. The fraction of sp³-hybridized carbons (Fsp3) is 0.250. The number of aliphatic hydroxyl groups is 1. The van der Waals surface area contributed by atoms with Gasteiger partial charge in [-0.15, -0.1) is 0 Å². The molecule has 0 unspecified atom stereocenters. The van der Waals surface area contributed by atoms with Gasteiger partial charge in [-0.2, -0.15) is 0 Å². The molecule has 0 radical (unpaired) electrons. The topological polar surface area (TPSA) is 29.5 Å². The lowest BCUT2D eigenvalue weighted by atomic mass is 10.0. The lowest BCUT2D eigenvalue weighted by molar-refractivity contribution is 0.270. The number of aliphatic hydroxyl groups excluding tert-OH is 1. The Morgan fingerprint density at radius 3 is 2.37 bits per heavy atom. The van der Waals surface area contributed by atoms with Gasteiger partial charge in [0.1, 0.15) is 17.3 Å². The summed E-state index contributed by atoms with van der Waals surface area (Å²) in [6.07, 6.45) is 0. The number of ether oxygens (including phenoxy) is 1. The summed E-state index contributed by atoms with van der Waals surface area (Å²) in [5, 5.41) is 9.17. The van der Waals surface area contributed by atoms with Crippen LogP contribution < -0.4 is 4.74 Å². The summed E-state index contributed by atoms with van der Waals surface area (Å²) in [6, 6.07) is 12.2. The maximum absolute atomic E-state index is 13.5. The number of rotatable bonds is 4. The molecule has 2 aromatic carbocycles. The Kier molecular flexibility index (Phi) is 4.17. The fourth-order valence-corrected chi connectivity index (χ4v) is 1.84. The smallest absolute Gasteiger partial charge is 0.135 e. The molecule has 100 valence electrons. The van der Waals surface area contributed by atoms with Crippen molar-refractivity contribution in [2.45, 2.75) is 26.4 Å². The van der Waals surface area contributed by atoms with E-state index in [0.29, 0.717) is 17.4 Å². The van der Waals surface area contributed by atoms with E-state index in [9.17, 15) is 9.50 Å². The van der Waals surface area contributed by atoms with Crippen LogP contribution >= 0.6 is 0 Å². The third-order valence-corrected chi connectivity index (χ3v) is 3.01. The van der Waals surface area contributed by atoms with Crippen molar-refractivity contribution >= 4 is 0 Å². The Balaban J connectivity index is 2.24. The maximum atomic E-state index is 13.5. The van der Waals surface area contributed by atoms with Crippen LogP contribution in [0.1, 0.15) is 30.9 Å². The van der Waals surface area contributed by atoms with Crippen molar-refractivity contribution in [3.05, 3.63) is 59.4 Å². The molecule has 0 saturated carbocycles. The molecule has 2 nitrogen and oxygen atoms in total. The van der Waals surface area contributed by atoms with Gasteiger partial charge in [0.15, 0.2) is 0 Å². The van der Waals surface area contributed by atoms with Crippen LogP contribution in [0.25, 0.3) is 0 Å². The van der Waals surface area contributed by atoms with Gasteiger partial charge >= 0.3 is 0 Å². The Labute approximate surface area is 112 Å². The van der Waals surface area contributed by atoms with E-state index in [1.165, 1.54) is 11.6 Å². The Morgan fingerprint density at radius 1 is 1.11 bits per heavy atom. The summed E-state index contributed by atoms with van der Waals surface area (Å²) in [7, 11) is 0. The van der Waals surface area contributed by atoms with Crippen LogP contribution in [0.5, 0.6) is 11.5 Å². The maximum Gasteiger partial charge on any atom is 0.135 e. The molecule has 3 heteroatoms. The number of hydrogen-bond donors (Lipinski definition) is 1. The van der Waals surface area contributed by atoms with Crippen molar-refractivity contribution in [3.63, 3.8) is 0 Å². The largest absolute Gasteiger partial charge is 0.457 e. The zero-order valence-corrected chi connectivity index (χ0v) is 11.1. The molecule has 0 aliphatic carbocycles. The molecule has 19 heavy (non-hydrogen) atoms. The average molecular weight is 260 g/mol. The normalized spacial score (nSPS) is 10.8. The van der Waals surface area contributed by atoms with Gasteiger partial charge in [0.05, 0.1) is 12.2 Å². The Hall–Kier alpha value is -1.87. The summed E-state index contributed by atoms with van der Waals surface area (Å²) >= 11 is 0. The Bertz CT molecular complexity index is 547. The SMILES string of the molecule is CC(C)c1ccc(Oc2cccc(F)c2CO)cc1. The van der Waals surface area contributed by atoms with E-state index in [1.54, 1.807) is 12.1 Å². The molecule has 1 N–H and O–H groups in total. The van der Waals surface area contributed by atoms with E-state index >= 15 is 0 Å². The van der Waals surface area contributed by atoms with E-state index < -0.39 is 5.82 Å². The van der Waals surface area contributed by atoms with Gasteiger partial charge < -0.3 is 9.84 Å². The van der Waals surface area contributed by atoms with Gasteiger partial charge in [-0.25, -0.2) is 4.39 Å². The van der Waals surface area contributed by atoms with Crippen LogP contribution in [0, 0.1) is 5.82 Å². The second-order valence-corrected chi connectivity index (χ2v) is 4.70. The first kappa shape index (κ1) is 13.6. The van der Waals surface area contributed by atoms with Crippen LogP contribution in [0.4, 0.5) is 4.39 Å². The summed E-state index contributed by atoms with van der Waals surface area (Å²) < 4.78 is 19.1. The van der Waals surface area contributed by atoms with E-state index in [-0.39, 0.29) is 12.2 Å². The van der Waals surface area contributed by atoms with Crippen LogP contribution in [0.3, 0.4) is 0 Å². The summed E-state index contributed by atoms with van der Waals surface area (Å²) in [4.78, 5) is 0. The minimum atomic E-state index is -0.459. The summed E-state index contributed by atoms with van der Waals surface area (Å²) in [5.41, 5.74) is 1.39. The van der Waals surface area contributed by atoms with Crippen LogP contribution in [-0.4, -0.2) is 5.11 Å². The zero-order chi connectivity index (χ0) is 13.8. The standard InChI is InChI=1S/C16H17FO2/c1-11(2)12-6-8-13(9-7-12)19-16-5-3-4-15(17)14(16)10-18/h3-9,11,18H,10H2,1-2H3. The molecular weight excluding hydrogens is 243 g/mol. The van der Waals surface area contributed by atoms with Gasteiger partial charge in [-0.1, -0.05) is 32.0 Å². The van der Waals surface area contributed by atoms with E-state index in [2.05, 4.69) is 13.8 Å². The lowest BCUT2D eigenvalue weighted by Gasteiger charge is -2.11. The summed E-state index contributed by atoms with van der Waals surface area (Å²) in [6.45, 7) is 3.85. The Morgan fingerprint density at radius 2 is 1.79 bits per heavy atom. The second kappa shape index (κ2) is 5.85. The van der Waals surface area contributed by atoms with E-state index in [0.717, 1.165) is 0 Å². The monoisotopic (exact) mass is 260 g/mol. The van der Waals surface area contributed by atoms with Crippen LogP contribution in [0.15, 0.2) is 42.5 Å². The molecule has 0 amide bonds. The zero-order valence-electron chi connectivity index (χ0n) is 11.1. The highest BCUT2D eigenvalue weighted by Gasteiger charge is 2.09. The lowest BCUT2D eigenvalue weighted by Crippen LogP contribution is -1.95. The molecule has 0 aliphatic rings. The van der Waals surface area contributed by atoms with Gasteiger partial charge in [-0.3, -0.25) is 0 Å². The molecule has 0 bridgehead atoms. The first-order chi connectivity index (χ1) is 9.11. The molecule has 2 rings (SSSR count). The quantitative estimate of drug-likeness (QED) is 0.891. The van der Waals surface area contributed by atoms with Crippen molar-refractivity contribution in [3.8, 4) is 11.5 Å². The van der Waals surface area contributed by atoms with Crippen LogP contribution in [0.2, 0.25) is 0 Å². The highest BCUT2D eigenvalue weighted by atomic mass is 19.1. The fourth-order valence-electron chi connectivity index (χ4n) is 1.84. The number of benzene rings is 2. The molecule has 0 heterocycles. The molecule has 0 fully saturated rings. The van der Waals surface area contributed by atoms with Gasteiger partial charge in [-0.05, 0) is 35.7 Å². The van der Waals surface area contributed by atoms with Gasteiger partial charge in [0, 0.05) is 0 Å². The molecule has 0 saturated heterocycles. The van der Waals surface area contributed by atoms with Crippen molar-refractivity contribution in [1.29, 1.82) is 0 Å². The van der Waals surface area contributed by atoms with Crippen molar-refractivity contribution in [2.24, 2.45) is 0 Å². The highest BCUT2D eigenvalue weighted by Crippen LogP contribution is 2.28. The second-order valence-electron chi connectivity index (χ2n) is 4.70. The molecule has 0 spiro atoms. The number of halogens is 1. The van der Waals surface area contributed by atoms with Crippen LogP contribution in [-0.2, 0) is 6.61 Å². The molecule has 0 aliphatic heterocycles. The van der Waals surface area contributed by atoms with E-state index in [1.807, 2.05) is 24.3 Å². The van der Waals surface area contributed by atoms with Crippen molar-refractivity contribution < 1.29 is 14.2 Å².